The number of aromatic nitrogens is 2. The van der Waals surface area contributed by atoms with Crippen LogP contribution in [0.5, 0.6) is 5.75 Å². The molecule has 0 aliphatic rings. The molecule has 0 unspecified atom stereocenters. The highest BCUT2D eigenvalue weighted by molar-refractivity contribution is 5.87. The Bertz CT molecular complexity index is 1040. The fourth-order valence-corrected chi connectivity index (χ4v) is 2.66. The third-order valence-corrected chi connectivity index (χ3v) is 3.97. The van der Waals surface area contributed by atoms with Crippen molar-refractivity contribution >= 4 is 16.8 Å². The zero-order chi connectivity index (χ0) is 17.1. The molecular formula is C20H17N3O2. The molecule has 0 aliphatic carbocycles. The molecule has 0 bridgehead atoms. The third kappa shape index (κ3) is 3.30. The molecule has 2 heterocycles. The molecule has 5 heteroatoms. The van der Waals surface area contributed by atoms with Crippen LogP contribution in [0, 0.1) is 0 Å². The van der Waals surface area contributed by atoms with Crippen molar-refractivity contribution in [1.82, 2.24) is 9.72 Å². The molecule has 0 amide bonds. The summed E-state index contributed by atoms with van der Waals surface area (Å²) in [4.78, 5) is 4.58. The van der Waals surface area contributed by atoms with Crippen LogP contribution in [-0.4, -0.2) is 16.8 Å². The molecule has 5 nitrogen and oxygen atoms in total. The Morgan fingerprint density at radius 3 is 2.60 bits per heavy atom. The summed E-state index contributed by atoms with van der Waals surface area (Å²) in [5, 5.41) is 5.71. The quantitative estimate of drug-likeness (QED) is 0.569. The summed E-state index contributed by atoms with van der Waals surface area (Å²) >= 11 is 0. The molecule has 2 aromatic carbocycles. The second-order valence-electron chi connectivity index (χ2n) is 5.69. The van der Waals surface area contributed by atoms with E-state index in [2.05, 4.69) is 26.8 Å². The van der Waals surface area contributed by atoms with Crippen molar-refractivity contribution in [3.05, 3.63) is 84.0 Å². The number of benzene rings is 2. The molecule has 0 radical (unpaired) electrons. The first-order chi connectivity index (χ1) is 12.3. The summed E-state index contributed by atoms with van der Waals surface area (Å²) < 4.78 is 12.7. The van der Waals surface area contributed by atoms with E-state index in [-0.39, 0.29) is 0 Å². The summed E-state index contributed by atoms with van der Waals surface area (Å²) in [5.41, 5.74) is 1.95. The number of rotatable bonds is 4. The highest BCUT2D eigenvalue weighted by Gasteiger charge is 2.08. The van der Waals surface area contributed by atoms with Crippen LogP contribution in [0.25, 0.3) is 11.0 Å². The molecule has 25 heavy (non-hydrogen) atoms. The van der Waals surface area contributed by atoms with E-state index in [9.17, 15) is 0 Å². The van der Waals surface area contributed by atoms with Gasteiger partial charge in [0.1, 0.15) is 5.75 Å². The molecule has 4 rings (SSSR count). The van der Waals surface area contributed by atoms with Gasteiger partial charge in [0.25, 0.3) is 0 Å². The average molecular weight is 331 g/mol. The fraction of sp³-hybridized carbons (Fsp3) is 0.100. The highest BCUT2D eigenvalue weighted by Crippen LogP contribution is 2.28. The zero-order valence-electron chi connectivity index (χ0n) is 13.8. The number of fused-ring (bicyclic) bond motifs is 1. The lowest BCUT2D eigenvalue weighted by molar-refractivity contribution is 0.415. The van der Waals surface area contributed by atoms with E-state index < -0.39 is 0 Å². The molecule has 0 fully saturated rings. The van der Waals surface area contributed by atoms with Gasteiger partial charge in [-0.05, 0) is 35.9 Å². The number of hydrogen-bond donors (Lipinski definition) is 0. The van der Waals surface area contributed by atoms with Gasteiger partial charge in [0.2, 0.25) is 5.82 Å². The number of methoxy groups -OCH3 is 1. The van der Waals surface area contributed by atoms with Crippen LogP contribution in [0.3, 0.4) is 0 Å². The van der Waals surface area contributed by atoms with Crippen molar-refractivity contribution in [1.29, 1.82) is 0 Å². The minimum Gasteiger partial charge on any atom is -0.497 e. The smallest absolute Gasteiger partial charge is 0.203 e. The van der Waals surface area contributed by atoms with E-state index in [0.29, 0.717) is 11.4 Å². The lowest BCUT2D eigenvalue weighted by atomic mass is 10.2. The van der Waals surface area contributed by atoms with Gasteiger partial charge < -0.3 is 13.8 Å². The van der Waals surface area contributed by atoms with E-state index in [1.54, 1.807) is 7.11 Å². The monoisotopic (exact) mass is 331 g/mol. The van der Waals surface area contributed by atoms with E-state index in [1.807, 2.05) is 60.9 Å². The van der Waals surface area contributed by atoms with Crippen molar-refractivity contribution in [2.45, 2.75) is 6.54 Å². The van der Waals surface area contributed by atoms with Gasteiger partial charge in [-0.3, -0.25) is 0 Å². The van der Waals surface area contributed by atoms with Crippen LogP contribution in [0.2, 0.25) is 0 Å². The van der Waals surface area contributed by atoms with Crippen molar-refractivity contribution in [3.8, 4) is 5.75 Å². The molecular weight excluding hydrogens is 314 g/mol. The lowest BCUT2D eigenvalue weighted by Gasteiger charge is -2.05. The maximum atomic E-state index is 5.32. The van der Waals surface area contributed by atoms with Gasteiger partial charge in [0.15, 0.2) is 5.58 Å². The summed E-state index contributed by atoms with van der Waals surface area (Å²) in [6.45, 7) is 0.825. The standard InChI is InChI=1S/C20H17N3O2/c1-24-17-7-8-19-18(13-17)20(22-25-19)21-16-9-11-23(12-10-16)14-15-5-3-2-4-6-15/h2-13H,14H2,1H3. The van der Waals surface area contributed by atoms with E-state index in [0.717, 1.165) is 23.0 Å². The van der Waals surface area contributed by atoms with Crippen molar-refractivity contribution in [2.24, 2.45) is 4.99 Å². The normalized spacial score (nSPS) is 10.8. The maximum absolute atomic E-state index is 5.32. The van der Waals surface area contributed by atoms with E-state index in [4.69, 9.17) is 9.26 Å². The summed E-state index contributed by atoms with van der Waals surface area (Å²) in [6, 6.07) is 19.8. The van der Waals surface area contributed by atoms with Crippen LogP contribution < -0.4 is 10.1 Å². The second kappa shape index (κ2) is 6.65. The Kier molecular flexibility index (Phi) is 4.04. The van der Waals surface area contributed by atoms with E-state index >= 15 is 0 Å². The van der Waals surface area contributed by atoms with Crippen LogP contribution in [-0.2, 0) is 6.54 Å². The highest BCUT2D eigenvalue weighted by atomic mass is 16.5. The van der Waals surface area contributed by atoms with Crippen molar-refractivity contribution < 1.29 is 9.26 Å². The first kappa shape index (κ1) is 15.2. The summed E-state index contributed by atoms with van der Waals surface area (Å²) in [7, 11) is 1.63. The van der Waals surface area contributed by atoms with Crippen molar-refractivity contribution in [2.75, 3.05) is 7.11 Å². The molecule has 0 atom stereocenters. The zero-order valence-corrected chi connectivity index (χ0v) is 13.8. The molecule has 124 valence electrons. The maximum Gasteiger partial charge on any atom is 0.203 e. The second-order valence-corrected chi connectivity index (χ2v) is 5.69. The predicted octanol–water partition coefficient (Wildman–Crippen LogP) is 3.92. The Hall–Kier alpha value is -3.34. The fourth-order valence-electron chi connectivity index (χ4n) is 2.66. The Morgan fingerprint density at radius 1 is 1.04 bits per heavy atom. The van der Waals surface area contributed by atoms with Gasteiger partial charge in [0.05, 0.1) is 17.9 Å². The average Bonchev–Trinajstić information content (AvgIpc) is 3.06. The largest absolute Gasteiger partial charge is 0.497 e. The Labute approximate surface area is 144 Å². The van der Waals surface area contributed by atoms with Gasteiger partial charge in [-0.2, -0.15) is 0 Å². The minimum absolute atomic E-state index is 0.551. The number of ether oxygens (including phenoxy) is 1. The first-order valence-corrected chi connectivity index (χ1v) is 8.00. The molecule has 0 N–H and O–H groups in total. The molecule has 0 spiro atoms. The van der Waals surface area contributed by atoms with Gasteiger partial charge >= 0.3 is 0 Å². The first-order valence-electron chi connectivity index (χ1n) is 8.00. The van der Waals surface area contributed by atoms with Gasteiger partial charge in [-0.25, -0.2) is 4.99 Å². The Morgan fingerprint density at radius 2 is 1.84 bits per heavy atom. The van der Waals surface area contributed by atoms with Gasteiger partial charge in [-0.1, -0.05) is 35.5 Å². The van der Waals surface area contributed by atoms with Crippen molar-refractivity contribution in [3.63, 3.8) is 0 Å². The summed E-state index contributed by atoms with van der Waals surface area (Å²) in [5.74, 6) is 1.30. The third-order valence-electron chi connectivity index (χ3n) is 3.97. The molecule has 0 saturated heterocycles. The predicted molar refractivity (Wildman–Crippen MR) is 95.8 cm³/mol. The minimum atomic E-state index is 0.551. The number of nitrogens with zero attached hydrogens (tertiary/aromatic N) is 3. The Balaban J connectivity index is 1.63. The van der Waals surface area contributed by atoms with E-state index in [1.165, 1.54) is 5.56 Å². The van der Waals surface area contributed by atoms with Crippen LogP contribution in [0.1, 0.15) is 5.56 Å². The molecule has 2 aromatic heterocycles. The molecule has 0 aliphatic heterocycles. The number of hydrogen-bond acceptors (Lipinski definition) is 4. The van der Waals surface area contributed by atoms with Crippen LogP contribution >= 0.6 is 0 Å². The summed E-state index contributed by atoms with van der Waals surface area (Å²) in [6.07, 6.45) is 4.02. The topological polar surface area (TPSA) is 52.6 Å². The van der Waals surface area contributed by atoms with Gasteiger partial charge in [0, 0.05) is 18.9 Å². The SMILES string of the molecule is COc1ccc2onc(N=c3ccn(Cc4ccccc4)cc3)c2c1. The van der Waals surface area contributed by atoms with Crippen LogP contribution in [0.15, 0.2) is 82.6 Å². The van der Waals surface area contributed by atoms with Crippen LogP contribution in [0.4, 0.5) is 5.82 Å². The lowest BCUT2D eigenvalue weighted by Crippen LogP contribution is -2.06. The number of pyridine rings is 1. The molecule has 4 aromatic rings. The molecule has 0 saturated carbocycles. The van der Waals surface area contributed by atoms with Gasteiger partial charge in [-0.15, -0.1) is 0 Å².